The van der Waals surface area contributed by atoms with Gasteiger partial charge in [-0.25, -0.2) is 9.71 Å². The van der Waals surface area contributed by atoms with Crippen LogP contribution in [0.4, 0.5) is 19.0 Å². The number of anilines is 1. The maximum atomic E-state index is 13.1. The molecule has 3 heterocycles. The molecule has 0 aliphatic carbocycles. The van der Waals surface area contributed by atoms with Gasteiger partial charge >= 0.3 is 6.18 Å². The molecule has 3 aromatic rings. The molecule has 1 fully saturated rings. The zero-order valence-corrected chi connectivity index (χ0v) is 21.8. The first-order chi connectivity index (χ1) is 17.8. The lowest BCUT2D eigenvalue weighted by atomic mass is 9.90. The molecular formula is C26H27F3N4O4S. The van der Waals surface area contributed by atoms with Crippen LogP contribution in [0.3, 0.4) is 0 Å². The number of ether oxygens (including phenoxy) is 1. The molecule has 1 aliphatic rings. The fourth-order valence-electron chi connectivity index (χ4n) is 4.25. The normalized spacial score (nSPS) is 17.3. The number of carbonyl (C=O) groups is 1. The van der Waals surface area contributed by atoms with E-state index in [-0.39, 0.29) is 29.2 Å². The summed E-state index contributed by atoms with van der Waals surface area (Å²) in [6.45, 7) is 6.61. The lowest BCUT2D eigenvalue weighted by Gasteiger charge is -2.36. The number of alkyl halides is 3. The second kappa shape index (κ2) is 10.2. The number of hydrogen-bond donors (Lipinski definition) is 1. The van der Waals surface area contributed by atoms with Crippen LogP contribution in [-0.4, -0.2) is 36.4 Å². The van der Waals surface area contributed by atoms with E-state index >= 15 is 0 Å². The summed E-state index contributed by atoms with van der Waals surface area (Å²) >= 11 is 0. The van der Waals surface area contributed by atoms with E-state index in [4.69, 9.17) is 4.74 Å². The van der Waals surface area contributed by atoms with Gasteiger partial charge < -0.3 is 9.64 Å². The smallest absolute Gasteiger partial charge is 0.416 e. The average Bonchev–Trinajstić information content (AvgIpc) is 3.14. The summed E-state index contributed by atoms with van der Waals surface area (Å²) in [4.78, 5) is 23.4. The molecule has 38 heavy (non-hydrogen) atoms. The van der Waals surface area contributed by atoms with Gasteiger partial charge in [0.2, 0.25) is 5.88 Å². The monoisotopic (exact) mass is 548 g/mol. The van der Waals surface area contributed by atoms with Crippen molar-refractivity contribution in [3.63, 3.8) is 0 Å². The van der Waals surface area contributed by atoms with Crippen LogP contribution in [0.2, 0.25) is 0 Å². The van der Waals surface area contributed by atoms with E-state index in [1.54, 1.807) is 12.3 Å². The predicted molar refractivity (Wildman–Crippen MR) is 134 cm³/mol. The van der Waals surface area contributed by atoms with Crippen LogP contribution in [-0.2, 0) is 22.8 Å². The van der Waals surface area contributed by atoms with Gasteiger partial charge in [-0.05, 0) is 62.1 Å². The third-order valence-corrected chi connectivity index (χ3v) is 8.05. The van der Waals surface area contributed by atoms with Crippen LogP contribution < -0.4 is 14.4 Å². The van der Waals surface area contributed by atoms with Gasteiger partial charge in [0.1, 0.15) is 12.4 Å². The number of amides is 1. The summed E-state index contributed by atoms with van der Waals surface area (Å²) in [5.41, 5.74) is -0.774. The molecule has 12 heteroatoms. The summed E-state index contributed by atoms with van der Waals surface area (Å²) < 4.78 is 72.3. The Labute approximate surface area is 218 Å². The number of carbonyl (C=O) groups excluding carboxylic acids is 1. The minimum absolute atomic E-state index is 0.107. The summed E-state index contributed by atoms with van der Waals surface area (Å²) in [5, 5.41) is -0.479. The molecule has 0 spiro atoms. The van der Waals surface area contributed by atoms with Gasteiger partial charge in [0.15, 0.2) is 5.03 Å². The van der Waals surface area contributed by atoms with Crippen LogP contribution >= 0.6 is 0 Å². The Hall–Kier alpha value is -3.67. The van der Waals surface area contributed by atoms with Crippen molar-refractivity contribution in [1.82, 2.24) is 14.7 Å². The number of sulfonamides is 1. The Morgan fingerprint density at radius 1 is 1.16 bits per heavy atom. The molecule has 1 aromatic carbocycles. The van der Waals surface area contributed by atoms with Crippen LogP contribution in [0.15, 0.2) is 65.8 Å². The highest BCUT2D eigenvalue weighted by Gasteiger charge is 2.40. The molecule has 2 aromatic heterocycles. The molecule has 1 aliphatic heterocycles. The predicted octanol–water partition coefficient (Wildman–Crippen LogP) is 4.82. The van der Waals surface area contributed by atoms with E-state index in [9.17, 15) is 26.4 Å². The van der Waals surface area contributed by atoms with Crippen LogP contribution in [0.1, 0.15) is 48.7 Å². The number of rotatable bonds is 7. The topological polar surface area (TPSA) is 101 Å². The molecule has 1 saturated heterocycles. The minimum Gasteiger partial charge on any atom is -0.473 e. The lowest BCUT2D eigenvalue weighted by Crippen LogP contribution is -2.43. The van der Waals surface area contributed by atoms with Gasteiger partial charge in [0.05, 0.1) is 11.1 Å². The van der Waals surface area contributed by atoms with E-state index in [1.807, 2.05) is 23.5 Å². The number of hydrogen-bond acceptors (Lipinski definition) is 7. The molecule has 4 rings (SSSR count). The van der Waals surface area contributed by atoms with Crippen molar-refractivity contribution in [2.45, 2.75) is 50.5 Å². The number of pyridine rings is 2. The Morgan fingerprint density at radius 3 is 2.58 bits per heavy atom. The highest BCUT2D eigenvalue weighted by Crippen LogP contribution is 2.38. The summed E-state index contributed by atoms with van der Waals surface area (Å²) in [6.07, 6.45) is -2.05. The molecule has 0 saturated carbocycles. The second-order valence-electron chi connectivity index (χ2n) is 9.61. The standard InChI is InChI=1S/C26H27F3N4O4S/c1-17-12-14-33(25(17,2)3)23-20(9-6-13-30-23)24(34)32-38(35,36)22-11-5-10-21(31-22)37-16-18-7-4-8-19(15-18)26(27,28)29/h4-11,13,15,17H,12,14,16H2,1-3H3,(H,32,34). The lowest BCUT2D eigenvalue weighted by molar-refractivity contribution is -0.137. The van der Waals surface area contributed by atoms with Gasteiger partial charge in [-0.2, -0.15) is 26.6 Å². The van der Waals surface area contributed by atoms with Crippen molar-refractivity contribution in [1.29, 1.82) is 0 Å². The molecule has 1 atom stereocenters. The molecule has 1 N–H and O–H groups in total. The summed E-state index contributed by atoms with van der Waals surface area (Å²) in [5.74, 6) is -0.263. The number of halogens is 3. The van der Waals surface area contributed by atoms with Crippen LogP contribution in [0, 0.1) is 5.92 Å². The van der Waals surface area contributed by atoms with Crippen molar-refractivity contribution >= 4 is 21.7 Å². The van der Waals surface area contributed by atoms with Crippen molar-refractivity contribution in [3.05, 3.63) is 77.5 Å². The largest absolute Gasteiger partial charge is 0.473 e. The first-order valence-electron chi connectivity index (χ1n) is 11.8. The van der Waals surface area contributed by atoms with Crippen molar-refractivity contribution in [2.24, 2.45) is 5.92 Å². The Kier molecular flexibility index (Phi) is 7.37. The fraction of sp³-hybridized carbons (Fsp3) is 0.346. The second-order valence-corrected chi connectivity index (χ2v) is 11.2. The zero-order chi connectivity index (χ0) is 27.7. The highest BCUT2D eigenvalue weighted by atomic mass is 32.2. The maximum Gasteiger partial charge on any atom is 0.416 e. The van der Waals surface area contributed by atoms with Gasteiger partial charge in [0.25, 0.3) is 15.9 Å². The fourth-order valence-corrected chi connectivity index (χ4v) is 5.17. The molecule has 0 bridgehead atoms. The van der Waals surface area contributed by atoms with Gasteiger partial charge in [-0.1, -0.05) is 25.1 Å². The van der Waals surface area contributed by atoms with E-state index in [1.165, 1.54) is 36.4 Å². The van der Waals surface area contributed by atoms with Gasteiger partial charge in [-0.3, -0.25) is 4.79 Å². The maximum absolute atomic E-state index is 13.1. The van der Waals surface area contributed by atoms with E-state index in [0.29, 0.717) is 18.3 Å². The molecular weight excluding hydrogens is 521 g/mol. The number of aromatic nitrogens is 2. The average molecular weight is 549 g/mol. The van der Waals surface area contributed by atoms with E-state index < -0.39 is 32.7 Å². The summed E-state index contributed by atoms with van der Waals surface area (Å²) in [7, 11) is -4.40. The Morgan fingerprint density at radius 2 is 1.89 bits per heavy atom. The Balaban J connectivity index is 1.51. The Bertz CT molecular complexity index is 1440. The van der Waals surface area contributed by atoms with E-state index in [0.717, 1.165) is 18.6 Å². The molecule has 202 valence electrons. The summed E-state index contributed by atoms with van der Waals surface area (Å²) in [6, 6.07) is 11.5. The van der Waals surface area contributed by atoms with Crippen LogP contribution in [0.25, 0.3) is 0 Å². The molecule has 0 radical (unpaired) electrons. The number of benzene rings is 1. The number of nitrogens with zero attached hydrogens (tertiary/aromatic N) is 3. The van der Waals surface area contributed by atoms with Crippen molar-refractivity contribution in [3.8, 4) is 5.88 Å². The molecule has 1 amide bonds. The van der Waals surface area contributed by atoms with E-state index in [2.05, 4.69) is 16.9 Å². The van der Waals surface area contributed by atoms with Crippen LogP contribution in [0.5, 0.6) is 5.88 Å². The van der Waals surface area contributed by atoms with Gasteiger partial charge in [0, 0.05) is 24.3 Å². The SMILES string of the molecule is CC1CCN(c2ncccc2C(=O)NS(=O)(=O)c2cccc(OCc3cccc(C(F)(F)F)c3)n2)C1(C)C. The first-order valence-corrected chi connectivity index (χ1v) is 13.3. The highest BCUT2D eigenvalue weighted by molar-refractivity contribution is 7.90. The zero-order valence-electron chi connectivity index (χ0n) is 21.0. The third kappa shape index (κ3) is 5.74. The first kappa shape index (κ1) is 27.4. The quantitative estimate of drug-likeness (QED) is 0.452. The van der Waals surface area contributed by atoms with Crippen molar-refractivity contribution < 1.29 is 31.1 Å². The molecule has 8 nitrogen and oxygen atoms in total. The molecule has 1 unspecified atom stereocenters. The minimum atomic E-state index is -4.50. The number of nitrogens with one attached hydrogen (secondary N) is 1. The van der Waals surface area contributed by atoms with Crippen molar-refractivity contribution in [2.75, 3.05) is 11.4 Å². The third-order valence-electron chi connectivity index (χ3n) is 6.82. The van der Waals surface area contributed by atoms with Gasteiger partial charge in [-0.15, -0.1) is 0 Å².